The van der Waals surface area contributed by atoms with Crippen molar-refractivity contribution in [3.8, 4) is 0 Å². The number of amides is 1. The molecule has 1 aromatic rings. The van der Waals surface area contributed by atoms with Gasteiger partial charge in [0.25, 0.3) is 5.91 Å². The summed E-state index contributed by atoms with van der Waals surface area (Å²) in [6.45, 7) is 2.69. The number of carbonyl (C=O) groups is 1. The molecule has 1 heterocycles. The first-order chi connectivity index (χ1) is 9.04. The summed E-state index contributed by atoms with van der Waals surface area (Å²) in [5, 5.41) is 10.0. The molecule has 0 saturated heterocycles. The second-order valence-electron chi connectivity index (χ2n) is 5.28. The molecule has 1 amide bonds. The second-order valence-corrected chi connectivity index (χ2v) is 5.28. The third-order valence-electron chi connectivity index (χ3n) is 3.99. The largest absolute Gasteiger partial charge is 0.397 e. The Morgan fingerprint density at radius 2 is 2.21 bits per heavy atom. The van der Waals surface area contributed by atoms with Gasteiger partial charge in [-0.05, 0) is 25.8 Å². The van der Waals surface area contributed by atoms with Crippen LogP contribution in [-0.2, 0) is 6.54 Å². The Kier molecular flexibility index (Phi) is 4.14. The summed E-state index contributed by atoms with van der Waals surface area (Å²) in [5.41, 5.74) is 6.96. The normalized spacial score (nSPS) is 23.3. The van der Waals surface area contributed by atoms with Gasteiger partial charge in [0, 0.05) is 19.8 Å². The summed E-state index contributed by atoms with van der Waals surface area (Å²) >= 11 is 0. The van der Waals surface area contributed by atoms with Gasteiger partial charge in [0.15, 0.2) is 0 Å². The molecule has 1 saturated carbocycles. The van der Waals surface area contributed by atoms with Crippen LogP contribution in [0.1, 0.15) is 43.1 Å². The number of aryl methyl sites for hydroxylation is 1. The van der Waals surface area contributed by atoms with Gasteiger partial charge in [0.05, 0.1) is 17.8 Å². The third-order valence-corrected chi connectivity index (χ3v) is 3.99. The average Bonchev–Trinajstić information content (AvgIpc) is 2.79. The average molecular weight is 265 g/mol. The highest BCUT2D eigenvalue weighted by molar-refractivity contribution is 5.94. The molecule has 0 bridgehead atoms. The summed E-state index contributed by atoms with van der Waals surface area (Å²) < 4.78 is 1.85. The minimum atomic E-state index is -0.412. The molecule has 0 aliphatic heterocycles. The predicted octanol–water partition coefficient (Wildman–Crippen LogP) is 1.47. The van der Waals surface area contributed by atoms with Gasteiger partial charge in [0.2, 0.25) is 0 Å². The summed E-state index contributed by atoms with van der Waals surface area (Å²) in [6.07, 6.45) is 5.11. The zero-order chi connectivity index (χ0) is 14.0. The van der Waals surface area contributed by atoms with Crippen LogP contribution in [0, 0.1) is 0 Å². The van der Waals surface area contributed by atoms with E-state index in [0.717, 1.165) is 25.7 Å². The van der Waals surface area contributed by atoms with Crippen LogP contribution >= 0.6 is 0 Å². The molecule has 2 rings (SSSR count). The first kappa shape index (κ1) is 13.9. The van der Waals surface area contributed by atoms with Crippen molar-refractivity contribution in [2.24, 2.45) is 0 Å². The van der Waals surface area contributed by atoms with Gasteiger partial charge in [0.1, 0.15) is 5.69 Å². The molecule has 0 radical (unpaired) electrons. The van der Waals surface area contributed by atoms with E-state index in [2.05, 4.69) is 0 Å². The van der Waals surface area contributed by atoms with E-state index in [4.69, 9.17) is 5.73 Å². The van der Waals surface area contributed by atoms with E-state index in [1.807, 2.05) is 11.5 Å². The summed E-state index contributed by atoms with van der Waals surface area (Å²) in [7, 11) is 1.77. The first-order valence-electron chi connectivity index (χ1n) is 6.95. The Hall–Kier alpha value is -1.49. The van der Waals surface area contributed by atoms with Gasteiger partial charge in [-0.15, -0.1) is 0 Å². The number of rotatable bonds is 3. The van der Waals surface area contributed by atoms with Crippen molar-refractivity contribution in [1.82, 2.24) is 9.47 Å². The van der Waals surface area contributed by atoms with Crippen molar-refractivity contribution < 1.29 is 9.90 Å². The van der Waals surface area contributed by atoms with Gasteiger partial charge in [-0.1, -0.05) is 12.8 Å². The van der Waals surface area contributed by atoms with E-state index < -0.39 is 6.10 Å². The second kappa shape index (κ2) is 5.65. The lowest BCUT2D eigenvalue weighted by Gasteiger charge is -2.35. The maximum absolute atomic E-state index is 12.5. The Morgan fingerprint density at radius 1 is 1.53 bits per heavy atom. The molecule has 2 unspecified atom stereocenters. The molecular weight excluding hydrogens is 242 g/mol. The Morgan fingerprint density at radius 3 is 2.84 bits per heavy atom. The third kappa shape index (κ3) is 2.76. The van der Waals surface area contributed by atoms with Crippen LogP contribution in [0.5, 0.6) is 0 Å². The molecule has 0 spiro atoms. The number of aromatic nitrogens is 1. The lowest BCUT2D eigenvalue weighted by Crippen LogP contribution is -2.46. The maximum atomic E-state index is 12.5. The molecule has 5 nitrogen and oxygen atoms in total. The maximum Gasteiger partial charge on any atom is 0.270 e. The number of aliphatic hydroxyl groups excluding tert-OH is 1. The van der Waals surface area contributed by atoms with Crippen LogP contribution in [0.4, 0.5) is 5.69 Å². The quantitative estimate of drug-likeness (QED) is 0.869. The molecule has 106 valence electrons. The summed E-state index contributed by atoms with van der Waals surface area (Å²) in [4.78, 5) is 14.2. The van der Waals surface area contributed by atoms with Crippen LogP contribution in [0.15, 0.2) is 12.3 Å². The van der Waals surface area contributed by atoms with Gasteiger partial charge < -0.3 is 20.3 Å². The fourth-order valence-electron chi connectivity index (χ4n) is 2.85. The number of anilines is 1. The Balaban J connectivity index is 2.18. The zero-order valence-corrected chi connectivity index (χ0v) is 11.7. The highest BCUT2D eigenvalue weighted by atomic mass is 16.3. The van der Waals surface area contributed by atoms with Crippen molar-refractivity contribution >= 4 is 11.6 Å². The molecule has 1 aliphatic carbocycles. The van der Waals surface area contributed by atoms with Crippen molar-refractivity contribution in [3.63, 3.8) is 0 Å². The van der Waals surface area contributed by atoms with E-state index in [0.29, 0.717) is 17.9 Å². The smallest absolute Gasteiger partial charge is 0.270 e. The van der Waals surface area contributed by atoms with Gasteiger partial charge >= 0.3 is 0 Å². The van der Waals surface area contributed by atoms with Crippen molar-refractivity contribution in [2.45, 2.75) is 51.3 Å². The number of aliphatic hydroxyl groups is 1. The summed E-state index contributed by atoms with van der Waals surface area (Å²) in [6, 6.07) is 1.63. The van der Waals surface area contributed by atoms with Crippen LogP contribution in [0.25, 0.3) is 0 Å². The topological polar surface area (TPSA) is 71.5 Å². The van der Waals surface area contributed by atoms with Gasteiger partial charge in [-0.2, -0.15) is 0 Å². The number of nitrogen functional groups attached to an aromatic ring is 1. The molecule has 19 heavy (non-hydrogen) atoms. The molecule has 1 fully saturated rings. The monoisotopic (exact) mass is 265 g/mol. The van der Waals surface area contributed by atoms with E-state index in [-0.39, 0.29) is 11.9 Å². The van der Waals surface area contributed by atoms with Crippen LogP contribution in [0.3, 0.4) is 0 Å². The Bertz CT molecular complexity index is 456. The zero-order valence-electron chi connectivity index (χ0n) is 11.7. The number of nitrogens with two attached hydrogens (primary N) is 1. The fraction of sp³-hybridized carbons (Fsp3) is 0.643. The number of nitrogens with zero attached hydrogens (tertiary/aromatic N) is 2. The lowest BCUT2D eigenvalue weighted by molar-refractivity contribution is 0.0261. The molecule has 1 aliphatic rings. The number of carbonyl (C=O) groups excluding carboxylic acids is 1. The first-order valence-corrected chi connectivity index (χ1v) is 6.95. The minimum Gasteiger partial charge on any atom is -0.397 e. The van der Waals surface area contributed by atoms with Crippen LogP contribution in [0.2, 0.25) is 0 Å². The Labute approximate surface area is 114 Å². The van der Waals surface area contributed by atoms with Gasteiger partial charge in [-0.3, -0.25) is 4.79 Å². The number of hydrogen-bond acceptors (Lipinski definition) is 3. The number of likely N-dealkylation sites (N-methyl/N-ethyl adjacent to an activating group) is 1. The van der Waals surface area contributed by atoms with Crippen LogP contribution < -0.4 is 5.73 Å². The SMILES string of the molecule is CCn1cc(N)cc1C(=O)N(C)C1CCCCC1O. The van der Waals surface area contributed by atoms with E-state index in [1.165, 1.54) is 0 Å². The van der Waals surface area contributed by atoms with Crippen molar-refractivity contribution in [1.29, 1.82) is 0 Å². The highest BCUT2D eigenvalue weighted by Crippen LogP contribution is 2.24. The molecule has 1 aromatic heterocycles. The predicted molar refractivity (Wildman–Crippen MR) is 74.9 cm³/mol. The molecule has 0 aromatic carbocycles. The number of hydrogen-bond donors (Lipinski definition) is 2. The minimum absolute atomic E-state index is 0.0653. The standard InChI is InChI=1S/C14H23N3O2/c1-3-17-9-10(15)8-12(17)14(19)16(2)11-6-4-5-7-13(11)18/h8-9,11,13,18H,3-7,15H2,1-2H3. The van der Waals surface area contributed by atoms with E-state index in [9.17, 15) is 9.90 Å². The fourth-order valence-corrected chi connectivity index (χ4v) is 2.85. The highest BCUT2D eigenvalue weighted by Gasteiger charge is 2.30. The van der Waals surface area contributed by atoms with Gasteiger partial charge in [-0.25, -0.2) is 0 Å². The van der Waals surface area contributed by atoms with Crippen molar-refractivity contribution in [2.75, 3.05) is 12.8 Å². The summed E-state index contributed by atoms with van der Waals surface area (Å²) in [5.74, 6) is -0.0653. The van der Waals surface area contributed by atoms with E-state index >= 15 is 0 Å². The molecule has 5 heteroatoms. The van der Waals surface area contributed by atoms with E-state index in [1.54, 1.807) is 24.2 Å². The molecular formula is C14H23N3O2. The molecule has 3 N–H and O–H groups in total. The van der Waals surface area contributed by atoms with Crippen molar-refractivity contribution in [3.05, 3.63) is 18.0 Å². The van der Waals surface area contributed by atoms with Crippen LogP contribution in [-0.4, -0.2) is 39.7 Å². The lowest BCUT2D eigenvalue weighted by atomic mass is 9.91. The molecule has 2 atom stereocenters.